The third-order valence-corrected chi connectivity index (χ3v) is 4.43. The van der Waals surface area contributed by atoms with E-state index in [4.69, 9.17) is 11.2 Å². The van der Waals surface area contributed by atoms with Gasteiger partial charge in [0.05, 0.1) is 0 Å². The maximum absolute atomic E-state index is 11.5. The van der Waals surface area contributed by atoms with Gasteiger partial charge in [-0.3, -0.25) is 9.11 Å². The van der Waals surface area contributed by atoms with Gasteiger partial charge in [-0.1, -0.05) is 0 Å². The highest BCUT2D eigenvalue weighted by Gasteiger charge is 2.41. The van der Waals surface area contributed by atoms with Gasteiger partial charge in [0.15, 0.2) is 0 Å². The van der Waals surface area contributed by atoms with Crippen molar-refractivity contribution in [1.82, 2.24) is 4.90 Å². The van der Waals surface area contributed by atoms with Gasteiger partial charge in [-0.05, 0) is 44.8 Å². The fourth-order valence-electron chi connectivity index (χ4n) is 2.15. The third-order valence-electron chi connectivity index (χ3n) is 2.98. The molecule has 3 atom stereocenters. The van der Waals surface area contributed by atoms with Crippen molar-refractivity contribution in [2.24, 2.45) is 5.92 Å². The molecule has 1 heterocycles. The Balaban J connectivity index is 2.53. The van der Waals surface area contributed by atoms with Crippen LogP contribution < -0.4 is 0 Å². The number of likely N-dealkylation sites (tertiary alicyclic amines) is 1. The number of hydrogen-bond donors (Lipinski definition) is 0. The zero-order valence-electron chi connectivity index (χ0n) is 9.74. The smallest absolute Gasteiger partial charge is 0.0311 e. The van der Waals surface area contributed by atoms with E-state index in [0.717, 1.165) is 6.54 Å². The zero-order chi connectivity index (χ0) is 11.1. The summed E-state index contributed by atoms with van der Waals surface area (Å²) in [6, 6.07) is 0.527. The number of rotatable bonds is 2. The minimum Gasteiger partial charge on any atom is -0.295 e. The van der Waals surface area contributed by atoms with Crippen LogP contribution in [0.5, 0.6) is 0 Å². The summed E-state index contributed by atoms with van der Waals surface area (Å²) < 4.78 is 11.5. The molecule has 0 aromatic carbocycles. The van der Waals surface area contributed by atoms with Crippen molar-refractivity contribution in [1.29, 1.82) is 0 Å². The van der Waals surface area contributed by atoms with Crippen LogP contribution in [-0.2, 0) is 19.7 Å². The molecule has 0 saturated carbocycles. The number of nitrogens with zero attached hydrogens (tertiary/aromatic N) is 1. The maximum Gasteiger partial charge on any atom is 0.0311 e. The van der Waals surface area contributed by atoms with Gasteiger partial charge in [-0.25, -0.2) is 0 Å². The largest absolute Gasteiger partial charge is 0.295 e. The lowest BCUT2D eigenvalue weighted by atomic mass is 9.86. The molecular weight excluding hydrogens is 214 g/mol. The summed E-state index contributed by atoms with van der Waals surface area (Å²) in [7, 11) is -1.98. The summed E-state index contributed by atoms with van der Waals surface area (Å²) in [5.41, 5.74) is 0.228. The van der Waals surface area contributed by atoms with Crippen LogP contribution in [0.15, 0.2) is 0 Å². The quantitative estimate of drug-likeness (QED) is 0.723. The summed E-state index contributed by atoms with van der Waals surface area (Å²) in [5, 5.41) is 0. The van der Waals surface area contributed by atoms with Crippen molar-refractivity contribution in [3.05, 3.63) is 0 Å². The van der Waals surface area contributed by atoms with E-state index in [1.807, 2.05) is 0 Å². The minimum absolute atomic E-state index is 0.228. The maximum atomic E-state index is 11.5. The molecule has 0 N–H and O–H groups in total. The Labute approximate surface area is 92.7 Å². The Bertz CT molecular complexity index is 303. The van der Waals surface area contributed by atoms with Gasteiger partial charge in [-0.2, -0.15) is 0 Å². The Kier molecular flexibility index (Phi) is 3.30. The van der Waals surface area contributed by atoms with Crippen LogP contribution in [0.1, 0.15) is 27.7 Å². The van der Waals surface area contributed by atoms with Crippen molar-refractivity contribution in [2.45, 2.75) is 39.3 Å². The van der Waals surface area contributed by atoms with E-state index in [1.165, 1.54) is 0 Å². The summed E-state index contributed by atoms with van der Waals surface area (Å²) in [6.45, 7) is 9.91. The molecule has 84 valence electrons. The van der Waals surface area contributed by atoms with Crippen LogP contribution in [0.4, 0.5) is 0 Å². The second-order valence-corrected chi connectivity index (χ2v) is 9.72. The van der Waals surface area contributed by atoms with Gasteiger partial charge in [0.1, 0.15) is 0 Å². The van der Waals surface area contributed by atoms with Crippen LogP contribution in [0.25, 0.3) is 0 Å². The van der Waals surface area contributed by atoms with E-state index in [0.29, 0.717) is 17.7 Å². The summed E-state index contributed by atoms with van der Waals surface area (Å²) in [5.74, 6) is 1.24. The third kappa shape index (κ3) is 2.91. The molecule has 2 unspecified atom stereocenters. The molecular formula is C10H21NOS2. The SMILES string of the molecule is C[C@H]1C(CS(C)(=O)=S)CN1C(C)(C)C. The Morgan fingerprint density at radius 1 is 1.50 bits per heavy atom. The standard InChI is InChI=1S/C10H21NOS2/c1-8-9(7-14(5,12)13)6-11(8)10(2,3)4/h8-9H,6-7H2,1-5H3/t8-,9?,14?/m0/s1. The lowest BCUT2D eigenvalue weighted by Crippen LogP contribution is -2.63. The van der Waals surface area contributed by atoms with E-state index in [2.05, 4.69) is 32.6 Å². The van der Waals surface area contributed by atoms with Crippen molar-refractivity contribution < 1.29 is 4.21 Å². The predicted molar refractivity (Wildman–Crippen MR) is 65.7 cm³/mol. The molecule has 1 aliphatic rings. The molecule has 4 heteroatoms. The molecule has 0 spiro atoms. The van der Waals surface area contributed by atoms with Crippen molar-refractivity contribution in [3.63, 3.8) is 0 Å². The number of hydrogen-bond acceptors (Lipinski definition) is 3. The van der Waals surface area contributed by atoms with Crippen molar-refractivity contribution in [3.8, 4) is 0 Å². The minimum atomic E-state index is -1.98. The summed E-state index contributed by atoms with van der Waals surface area (Å²) in [4.78, 5) is 2.44. The first-order chi connectivity index (χ1) is 6.11. The molecule has 0 aliphatic carbocycles. The first kappa shape index (κ1) is 12.4. The fourth-order valence-corrected chi connectivity index (χ4v) is 3.84. The Morgan fingerprint density at radius 2 is 2.00 bits per heavy atom. The van der Waals surface area contributed by atoms with Gasteiger partial charge in [0, 0.05) is 38.6 Å². The van der Waals surface area contributed by atoms with Crippen LogP contribution in [0.3, 0.4) is 0 Å². The van der Waals surface area contributed by atoms with Crippen LogP contribution in [0.2, 0.25) is 0 Å². The van der Waals surface area contributed by atoms with E-state index in [-0.39, 0.29) is 5.54 Å². The monoisotopic (exact) mass is 235 g/mol. The lowest BCUT2D eigenvalue weighted by molar-refractivity contribution is -0.0346. The van der Waals surface area contributed by atoms with Gasteiger partial charge in [0.2, 0.25) is 0 Å². The van der Waals surface area contributed by atoms with Crippen LogP contribution >= 0.6 is 0 Å². The molecule has 1 rings (SSSR count). The molecule has 1 fully saturated rings. The molecule has 0 aromatic heterocycles. The molecule has 0 aromatic rings. The van der Waals surface area contributed by atoms with E-state index in [1.54, 1.807) is 6.26 Å². The first-order valence-electron chi connectivity index (χ1n) is 5.06. The van der Waals surface area contributed by atoms with Gasteiger partial charge in [0.25, 0.3) is 0 Å². The molecule has 0 bridgehead atoms. The van der Waals surface area contributed by atoms with E-state index in [9.17, 15) is 4.21 Å². The van der Waals surface area contributed by atoms with Gasteiger partial charge < -0.3 is 0 Å². The predicted octanol–water partition coefficient (Wildman–Crippen LogP) is 1.48. The van der Waals surface area contributed by atoms with Crippen molar-refractivity contribution in [2.75, 3.05) is 18.6 Å². The zero-order valence-corrected chi connectivity index (χ0v) is 11.4. The molecule has 0 amide bonds. The Hall–Kier alpha value is 0.330. The fraction of sp³-hybridized carbons (Fsp3) is 1.00. The highest BCUT2D eigenvalue weighted by molar-refractivity contribution is 8.32. The second kappa shape index (κ2) is 3.72. The highest BCUT2D eigenvalue weighted by Crippen LogP contribution is 2.32. The topological polar surface area (TPSA) is 20.3 Å². The van der Waals surface area contributed by atoms with Crippen LogP contribution in [-0.4, -0.2) is 39.2 Å². The average molecular weight is 235 g/mol. The van der Waals surface area contributed by atoms with Crippen LogP contribution in [0, 0.1) is 5.92 Å². The normalized spacial score (nSPS) is 33.5. The second-order valence-electron chi connectivity index (χ2n) is 5.42. The molecule has 2 nitrogen and oxygen atoms in total. The summed E-state index contributed by atoms with van der Waals surface area (Å²) >= 11 is 4.96. The van der Waals surface area contributed by atoms with Gasteiger partial charge >= 0.3 is 0 Å². The molecule has 1 saturated heterocycles. The van der Waals surface area contributed by atoms with Crippen molar-refractivity contribution >= 4 is 19.7 Å². The highest BCUT2D eigenvalue weighted by atomic mass is 32.8. The van der Waals surface area contributed by atoms with E-state index >= 15 is 0 Å². The molecule has 1 aliphatic heterocycles. The average Bonchev–Trinajstić information content (AvgIpc) is 1.92. The molecule has 14 heavy (non-hydrogen) atoms. The molecule has 0 radical (unpaired) electrons. The first-order valence-corrected chi connectivity index (χ1v) is 8.12. The van der Waals surface area contributed by atoms with E-state index < -0.39 is 8.49 Å². The van der Waals surface area contributed by atoms with Gasteiger partial charge in [-0.15, -0.1) is 0 Å². The summed E-state index contributed by atoms with van der Waals surface area (Å²) in [6.07, 6.45) is 1.69. The lowest BCUT2D eigenvalue weighted by Gasteiger charge is -2.53. The Morgan fingerprint density at radius 3 is 2.29 bits per heavy atom.